The Labute approximate surface area is 201 Å². The van der Waals surface area contributed by atoms with Crippen molar-refractivity contribution in [1.29, 1.82) is 0 Å². The first kappa shape index (κ1) is 28.9. The minimum absolute atomic E-state index is 0.115. The van der Waals surface area contributed by atoms with Gasteiger partial charge in [-0.25, -0.2) is 9.59 Å². The van der Waals surface area contributed by atoms with Crippen LogP contribution in [0.15, 0.2) is 46.6 Å². The molecule has 2 atom stereocenters. The van der Waals surface area contributed by atoms with Gasteiger partial charge in [-0.2, -0.15) is 0 Å². The third-order valence-corrected chi connectivity index (χ3v) is 5.27. The van der Waals surface area contributed by atoms with E-state index < -0.39 is 36.1 Å². The lowest BCUT2D eigenvalue weighted by Crippen LogP contribution is -2.26. The fourth-order valence-electron chi connectivity index (χ4n) is 3.56. The van der Waals surface area contributed by atoms with Crippen LogP contribution in [0.3, 0.4) is 0 Å². The highest BCUT2D eigenvalue weighted by Gasteiger charge is 2.27. The van der Waals surface area contributed by atoms with Crippen molar-refractivity contribution in [3.05, 3.63) is 46.6 Å². The van der Waals surface area contributed by atoms with Crippen molar-refractivity contribution in [3.63, 3.8) is 0 Å². The molecule has 0 spiro atoms. The molecule has 1 aliphatic rings. The van der Waals surface area contributed by atoms with Crippen LogP contribution >= 0.6 is 0 Å². The second-order valence-corrected chi connectivity index (χ2v) is 8.44. The molecule has 0 aromatic carbocycles. The normalized spacial score (nSPS) is 26.1. The van der Waals surface area contributed by atoms with E-state index in [1.807, 2.05) is 32.9 Å². The number of hydrogen-bond acceptors (Lipinski definition) is 8. The van der Waals surface area contributed by atoms with E-state index in [-0.39, 0.29) is 24.3 Å². The van der Waals surface area contributed by atoms with Gasteiger partial charge in [0.25, 0.3) is 0 Å². The molecule has 0 saturated heterocycles. The van der Waals surface area contributed by atoms with Gasteiger partial charge in [-0.1, -0.05) is 43.2 Å². The summed E-state index contributed by atoms with van der Waals surface area (Å²) in [7, 11) is 2.53. The SMILES string of the molecule is COC(=O)/C1=C\CC/C(C(=O)OC)=C\[C@H](OC(C)=O)C/C(C)=C\C=C(\C(C)C)C[C@@H]1OC(C)=O. The molecule has 0 aromatic heterocycles. The smallest absolute Gasteiger partial charge is 0.337 e. The Kier molecular flexibility index (Phi) is 12.0. The van der Waals surface area contributed by atoms with E-state index >= 15 is 0 Å². The van der Waals surface area contributed by atoms with Gasteiger partial charge in [-0.3, -0.25) is 9.59 Å². The summed E-state index contributed by atoms with van der Waals surface area (Å²) < 4.78 is 20.8. The molecular formula is C26H36O8. The Morgan fingerprint density at radius 1 is 0.912 bits per heavy atom. The van der Waals surface area contributed by atoms with E-state index in [1.165, 1.54) is 28.1 Å². The van der Waals surface area contributed by atoms with Gasteiger partial charge in [-0.15, -0.1) is 0 Å². The lowest BCUT2D eigenvalue weighted by Gasteiger charge is -2.23. The molecule has 0 radical (unpaired) electrons. The molecule has 0 aliphatic heterocycles. The Balaban J connectivity index is 3.65. The number of esters is 4. The topological polar surface area (TPSA) is 105 Å². The molecule has 0 unspecified atom stereocenters. The lowest BCUT2D eigenvalue weighted by atomic mass is 9.91. The fourth-order valence-corrected chi connectivity index (χ4v) is 3.56. The highest BCUT2D eigenvalue weighted by molar-refractivity contribution is 5.90. The molecule has 0 saturated carbocycles. The van der Waals surface area contributed by atoms with Gasteiger partial charge in [0.15, 0.2) is 0 Å². The Bertz CT molecular complexity index is 888. The van der Waals surface area contributed by atoms with Crippen LogP contribution in [0.2, 0.25) is 0 Å². The quantitative estimate of drug-likeness (QED) is 0.430. The van der Waals surface area contributed by atoms with E-state index in [0.717, 1.165) is 11.1 Å². The molecule has 1 rings (SSSR count). The minimum Gasteiger partial charge on any atom is -0.466 e. The monoisotopic (exact) mass is 476 g/mol. The van der Waals surface area contributed by atoms with Crippen molar-refractivity contribution in [3.8, 4) is 0 Å². The summed E-state index contributed by atoms with van der Waals surface area (Å²) in [6.07, 6.45) is 6.70. The van der Waals surface area contributed by atoms with Crippen molar-refractivity contribution >= 4 is 23.9 Å². The van der Waals surface area contributed by atoms with Crippen LogP contribution in [-0.2, 0) is 38.1 Å². The largest absolute Gasteiger partial charge is 0.466 e. The van der Waals surface area contributed by atoms with E-state index in [4.69, 9.17) is 18.9 Å². The number of carbonyl (C=O) groups is 4. The van der Waals surface area contributed by atoms with Crippen molar-refractivity contribution in [2.45, 2.75) is 72.5 Å². The van der Waals surface area contributed by atoms with Crippen molar-refractivity contribution in [1.82, 2.24) is 0 Å². The maximum Gasteiger partial charge on any atom is 0.337 e. The Morgan fingerprint density at radius 2 is 1.53 bits per heavy atom. The standard InChI is InChI=1S/C26H36O8/c1-16(2)20-12-11-17(3)13-22(33-18(4)27)14-21(25(29)31-6)9-8-10-23(26(30)32-7)24(15-20)34-19(5)28/h10-12,14,16,22,24H,8-9,13,15H2,1-7H3/b17-11-,20-12+,21-14+,23-10-/t22-,24+/m1/s1. The van der Waals surface area contributed by atoms with E-state index in [1.54, 1.807) is 12.2 Å². The molecular weight excluding hydrogens is 440 g/mol. The lowest BCUT2D eigenvalue weighted by molar-refractivity contribution is -0.147. The molecule has 188 valence electrons. The van der Waals surface area contributed by atoms with Gasteiger partial charge in [0, 0.05) is 32.3 Å². The highest BCUT2D eigenvalue weighted by atomic mass is 16.6. The minimum atomic E-state index is -0.838. The summed E-state index contributed by atoms with van der Waals surface area (Å²) in [5.41, 5.74) is 2.38. The van der Waals surface area contributed by atoms with Gasteiger partial charge in [-0.05, 0) is 31.8 Å². The Hall–Kier alpha value is -3.16. The summed E-state index contributed by atoms with van der Waals surface area (Å²) in [5.74, 6) is -2.04. The molecule has 0 aromatic rings. The molecule has 34 heavy (non-hydrogen) atoms. The van der Waals surface area contributed by atoms with Crippen LogP contribution in [-0.4, -0.2) is 50.3 Å². The predicted octanol–water partition coefficient (Wildman–Crippen LogP) is 4.15. The summed E-state index contributed by atoms with van der Waals surface area (Å²) in [5, 5.41) is 0. The summed E-state index contributed by atoms with van der Waals surface area (Å²) in [6.45, 7) is 8.52. The molecule has 0 heterocycles. The average Bonchev–Trinajstić information content (AvgIpc) is 2.75. The third-order valence-electron chi connectivity index (χ3n) is 5.27. The van der Waals surface area contributed by atoms with Crippen LogP contribution in [0.4, 0.5) is 0 Å². The van der Waals surface area contributed by atoms with Crippen LogP contribution in [0.25, 0.3) is 0 Å². The van der Waals surface area contributed by atoms with Crippen LogP contribution < -0.4 is 0 Å². The highest BCUT2D eigenvalue weighted by Crippen LogP contribution is 2.26. The molecule has 8 nitrogen and oxygen atoms in total. The van der Waals surface area contributed by atoms with E-state index in [9.17, 15) is 19.2 Å². The molecule has 1 aliphatic carbocycles. The predicted molar refractivity (Wildman–Crippen MR) is 126 cm³/mol. The zero-order valence-corrected chi connectivity index (χ0v) is 21.1. The van der Waals surface area contributed by atoms with Gasteiger partial charge < -0.3 is 18.9 Å². The number of ether oxygens (including phenoxy) is 4. The summed E-state index contributed by atoms with van der Waals surface area (Å²) in [4.78, 5) is 48.5. The number of hydrogen-bond donors (Lipinski definition) is 0. The van der Waals surface area contributed by atoms with Crippen LogP contribution in [0.5, 0.6) is 0 Å². The van der Waals surface area contributed by atoms with E-state index in [2.05, 4.69) is 0 Å². The summed E-state index contributed by atoms with van der Waals surface area (Å²) in [6, 6.07) is 0. The molecule has 0 bridgehead atoms. The van der Waals surface area contributed by atoms with Crippen molar-refractivity contribution in [2.24, 2.45) is 5.92 Å². The molecule has 0 amide bonds. The fraction of sp³-hybridized carbons (Fsp3) is 0.538. The van der Waals surface area contributed by atoms with E-state index in [0.29, 0.717) is 18.4 Å². The first-order valence-corrected chi connectivity index (χ1v) is 11.3. The van der Waals surface area contributed by atoms with Crippen LogP contribution in [0.1, 0.15) is 60.3 Å². The first-order valence-electron chi connectivity index (χ1n) is 11.3. The van der Waals surface area contributed by atoms with Gasteiger partial charge in [0.05, 0.1) is 19.8 Å². The number of carbonyl (C=O) groups excluding carboxylic acids is 4. The molecule has 0 fully saturated rings. The second-order valence-electron chi connectivity index (χ2n) is 8.44. The average molecular weight is 477 g/mol. The molecule has 0 N–H and O–H groups in total. The summed E-state index contributed by atoms with van der Waals surface area (Å²) >= 11 is 0. The van der Waals surface area contributed by atoms with Crippen molar-refractivity contribution in [2.75, 3.05) is 14.2 Å². The zero-order valence-electron chi connectivity index (χ0n) is 21.1. The first-order chi connectivity index (χ1) is 16.0. The van der Waals surface area contributed by atoms with Gasteiger partial charge in [0.1, 0.15) is 12.2 Å². The number of methoxy groups -OCH3 is 2. The second kappa shape index (κ2) is 14.2. The van der Waals surface area contributed by atoms with Crippen molar-refractivity contribution < 1.29 is 38.1 Å². The zero-order chi connectivity index (χ0) is 25.8. The Morgan fingerprint density at radius 3 is 2.06 bits per heavy atom. The van der Waals surface area contributed by atoms with Crippen LogP contribution in [0, 0.1) is 5.92 Å². The number of rotatable bonds is 5. The maximum atomic E-state index is 12.6. The third kappa shape index (κ3) is 9.77. The molecule has 8 heteroatoms. The maximum absolute atomic E-state index is 12.6. The number of allylic oxidation sites excluding steroid dienone is 3. The van der Waals surface area contributed by atoms with Gasteiger partial charge >= 0.3 is 23.9 Å². The van der Waals surface area contributed by atoms with Gasteiger partial charge in [0.2, 0.25) is 0 Å².